The summed E-state index contributed by atoms with van der Waals surface area (Å²) in [7, 11) is -3.71. The monoisotopic (exact) mass is 243 g/mol. The van der Waals surface area contributed by atoms with Gasteiger partial charge in [0.25, 0.3) is 10.0 Å². The highest BCUT2D eigenvalue weighted by Crippen LogP contribution is 2.41. The van der Waals surface area contributed by atoms with Gasteiger partial charge in [-0.1, -0.05) is 0 Å². The fourth-order valence-corrected chi connectivity index (χ4v) is 2.62. The van der Waals surface area contributed by atoms with Crippen molar-refractivity contribution < 1.29 is 13.2 Å². The van der Waals surface area contributed by atoms with Crippen LogP contribution in [-0.4, -0.2) is 24.8 Å². The Bertz CT molecular complexity index is 518. The van der Waals surface area contributed by atoms with E-state index in [1.165, 1.54) is 6.07 Å². The molecule has 7 heteroatoms. The number of fused-ring (bicyclic) bond motifs is 1. The first-order valence-corrected chi connectivity index (χ1v) is 6.79. The minimum absolute atomic E-state index is 0.0568. The van der Waals surface area contributed by atoms with Gasteiger partial charge in [0.1, 0.15) is 0 Å². The lowest BCUT2D eigenvalue weighted by Crippen LogP contribution is -2.26. The third-order valence-corrected chi connectivity index (χ3v) is 3.88. The normalized spacial score (nSPS) is 25.4. The van der Waals surface area contributed by atoms with Crippen LogP contribution in [0.4, 0.5) is 0 Å². The Hall–Kier alpha value is -0.920. The third-order valence-electron chi connectivity index (χ3n) is 3.10. The largest absolute Gasteiger partial charge is 0.373 e. The summed E-state index contributed by atoms with van der Waals surface area (Å²) < 4.78 is 29.6. The van der Waals surface area contributed by atoms with Gasteiger partial charge < -0.3 is 4.74 Å². The van der Waals surface area contributed by atoms with Crippen LogP contribution in [0.25, 0.3) is 0 Å². The molecule has 1 aromatic heterocycles. The van der Waals surface area contributed by atoms with Crippen LogP contribution in [0.2, 0.25) is 0 Å². The molecule has 3 rings (SSSR count). The van der Waals surface area contributed by atoms with Gasteiger partial charge in [0.15, 0.2) is 5.03 Å². The first kappa shape index (κ1) is 10.2. The maximum atomic E-state index is 11.2. The lowest BCUT2D eigenvalue weighted by atomic mass is 10.2. The molecule has 1 unspecified atom stereocenters. The van der Waals surface area contributed by atoms with E-state index in [2.05, 4.69) is 5.10 Å². The van der Waals surface area contributed by atoms with Gasteiger partial charge in [-0.25, -0.2) is 13.6 Å². The molecule has 0 amide bonds. The smallest absolute Gasteiger partial charge is 0.257 e. The average molecular weight is 243 g/mol. The number of sulfonamides is 1. The van der Waals surface area contributed by atoms with Gasteiger partial charge in [-0.15, -0.1) is 0 Å². The minimum atomic E-state index is -3.71. The lowest BCUT2D eigenvalue weighted by Gasteiger charge is -2.24. The number of aromatic nitrogens is 2. The third kappa shape index (κ3) is 1.64. The molecule has 16 heavy (non-hydrogen) atoms. The van der Waals surface area contributed by atoms with Crippen LogP contribution in [0, 0.1) is 5.92 Å². The van der Waals surface area contributed by atoms with Gasteiger partial charge >= 0.3 is 0 Å². The molecule has 1 saturated carbocycles. The molecular formula is C9H13N3O3S. The Kier molecular flexibility index (Phi) is 2.10. The summed E-state index contributed by atoms with van der Waals surface area (Å²) in [6, 6.07) is 1.68. The Morgan fingerprint density at radius 2 is 2.25 bits per heavy atom. The van der Waals surface area contributed by atoms with Crippen LogP contribution < -0.4 is 5.14 Å². The maximum absolute atomic E-state index is 11.2. The molecule has 6 nitrogen and oxygen atoms in total. The molecule has 0 radical (unpaired) electrons. The zero-order valence-corrected chi connectivity index (χ0v) is 9.48. The number of hydrogen-bond donors (Lipinski definition) is 1. The highest BCUT2D eigenvalue weighted by Gasteiger charge is 2.37. The van der Waals surface area contributed by atoms with Crippen LogP contribution in [0.3, 0.4) is 0 Å². The van der Waals surface area contributed by atoms with Gasteiger partial charge in [0.2, 0.25) is 0 Å². The molecule has 0 bridgehead atoms. The topological polar surface area (TPSA) is 87.2 Å². The zero-order chi connectivity index (χ0) is 11.3. The Balaban J connectivity index is 2.04. The SMILES string of the molecule is NS(=O)(=O)c1cc2n(n1)C(C1CC1)COC2. The fourth-order valence-electron chi connectivity index (χ4n) is 2.11. The van der Waals surface area contributed by atoms with Gasteiger partial charge in [0, 0.05) is 6.07 Å². The van der Waals surface area contributed by atoms with Crippen molar-refractivity contribution in [2.75, 3.05) is 6.61 Å². The van der Waals surface area contributed by atoms with Crippen molar-refractivity contribution in [2.24, 2.45) is 11.1 Å². The summed E-state index contributed by atoms with van der Waals surface area (Å²) in [6.45, 7) is 1.02. The van der Waals surface area contributed by atoms with E-state index in [0.717, 1.165) is 18.5 Å². The Morgan fingerprint density at radius 1 is 1.50 bits per heavy atom. The molecule has 88 valence electrons. The summed E-state index contributed by atoms with van der Waals surface area (Å²) >= 11 is 0. The molecule has 1 aromatic rings. The van der Waals surface area contributed by atoms with Crippen LogP contribution in [-0.2, 0) is 21.4 Å². The van der Waals surface area contributed by atoms with Crippen LogP contribution in [0.5, 0.6) is 0 Å². The average Bonchev–Trinajstić information content (AvgIpc) is 2.93. The predicted octanol–water partition coefficient (Wildman–Crippen LogP) is 0.0118. The van der Waals surface area contributed by atoms with Crippen LogP contribution in [0.1, 0.15) is 24.6 Å². The number of primary sulfonamides is 1. The predicted molar refractivity (Wildman–Crippen MR) is 55.0 cm³/mol. The first-order valence-electron chi connectivity index (χ1n) is 5.24. The second-order valence-electron chi connectivity index (χ2n) is 4.38. The first-order chi connectivity index (χ1) is 7.55. The summed E-state index contributed by atoms with van der Waals surface area (Å²) in [5, 5.41) is 9.09. The number of ether oxygens (including phenoxy) is 1. The highest BCUT2D eigenvalue weighted by atomic mass is 32.2. The molecule has 1 aliphatic heterocycles. The van der Waals surface area contributed by atoms with Crippen molar-refractivity contribution in [3.8, 4) is 0 Å². The highest BCUT2D eigenvalue weighted by molar-refractivity contribution is 7.89. The molecular weight excluding hydrogens is 230 g/mol. The van der Waals surface area contributed by atoms with E-state index in [9.17, 15) is 8.42 Å². The molecule has 2 N–H and O–H groups in total. The van der Waals surface area contributed by atoms with Crippen molar-refractivity contribution in [2.45, 2.75) is 30.5 Å². The van der Waals surface area contributed by atoms with Crippen molar-refractivity contribution in [1.29, 1.82) is 0 Å². The van der Waals surface area contributed by atoms with E-state index < -0.39 is 10.0 Å². The summed E-state index contributed by atoms with van der Waals surface area (Å²) in [5.74, 6) is 0.576. The lowest BCUT2D eigenvalue weighted by molar-refractivity contribution is 0.0440. The quantitative estimate of drug-likeness (QED) is 0.792. The summed E-state index contributed by atoms with van der Waals surface area (Å²) in [5.41, 5.74) is 0.798. The molecule has 0 aromatic carbocycles. The second-order valence-corrected chi connectivity index (χ2v) is 5.89. The number of hydrogen-bond acceptors (Lipinski definition) is 4. The number of nitrogens with zero attached hydrogens (tertiary/aromatic N) is 2. The van der Waals surface area contributed by atoms with Crippen LogP contribution in [0.15, 0.2) is 11.1 Å². The summed E-state index contributed by atoms with van der Waals surface area (Å²) in [6.07, 6.45) is 2.33. The van der Waals surface area contributed by atoms with Crippen molar-refractivity contribution >= 4 is 10.0 Å². The molecule has 2 aliphatic rings. The van der Waals surface area contributed by atoms with Gasteiger partial charge in [-0.05, 0) is 18.8 Å². The van der Waals surface area contributed by atoms with E-state index in [4.69, 9.17) is 9.88 Å². The Labute approximate surface area is 93.4 Å². The standard InChI is InChI=1S/C9H13N3O3S/c10-16(13,14)9-3-7-4-15-5-8(6-1-2-6)12(7)11-9/h3,6,8H,1-2,4-5H2,(H2,10,13,14). The van der Waals surface area contributed by atoms with E-state index in [0.29, 0.717) is 19.1 Å². The van der Waals surface area contributed by atoms with Crippen molar-refractivity contribution in [3.63, 3.8) is 0 Å². The van der Waals surface area contributed by atoms with Crippen molar-refractivity contribution in [1.82, 2.24) is 9.78 Å². The molecule has 1 atom stereocenters. The van der Waals surface area contributed by atoms with E-state index in [-0.39, 0.29) is 11.1 Å². The second kappa shape index (κ2) is 3.28. The van der Waals surface area contributed by atoms with E-state index in [1.54, 1.807) is 4.68 Å². The van der Waals surface area contributed by atoms with E-state index >= 15 is 0 Å². The maximum Gasteiger partial charge on any atom is 0.257 e. The zero-order valence-electron chi connectivity index (χ0n) is 8.67. The molecule has 0 spiro atoms. The fraction of sp³-hybridized carbons (Fsp3) is 0.667. The van der Waals surface area contributed by atoms with Gasteiger partial charge in [0.05, 0.1) is 24.9 Å². The molecule has 1 aliphatic carbocycles. The van der Waals surface area contributed by atoms with Gasteiger partial charge in [-0.2, -0.15) is 5.10 Å². The number of rotatable bonds is 2. The van der Waals surface area contributed by atoms with Crippen LogP contribution >= 0.6 is 0 Å². The Morgan fingerprint density at radius 3 is 2.88 bits per heavy atom. The molecule has 2 heterocycles. The molecule has 0 saturated heterocycles. The van der Waals surface area contributed by atoms with E-state index in [1.807, 2.05) is 0 Å². The minimum Gasteiger partial charge on any atom is -0.373 e. The van der Waals surface area contributed by atoms with Gasteiger partial charge in [-0.3, -0.25) is 4.68 Å². The molecule has 1 fully saturated rings. The van der Waals surface area contributed by atoms with Crippen molar-refractivity contribution in [3.05, 3.63) is 11.8 Å². The number of nitrogens with two attached hydrogens (primary N) is 1. The summed E-state index contributed by atoms with van der Waals surface area (Å²) in [4.78, 5) is 0.